The molecule has 2 aromatic rings. The lowest BCUT2D eigenvalue weighted by atomic mass is 9.87. The third kappa shape index (κ3) is 3.85. The summed E-state index contributed by atoms with van der Waals surface area (Å²) in [5.74, 6) is 1.39. The highest BCUT2D eigenvalue weighted by Crippen LogP contribution is 2.48. The molecule has 0 aromatic heterocycles. The molecule has 0 aliphatic heterocycles. The number of hydrogen-bond donors (Lipinski definition) is 1. The quantitative estimate of drug-likeness (QED) is 0.813. The van der Waals surface area contributed by atoms with Gasteiger partial charge < -0.3 is 15.2 Å². The molecule has 0 saturated heterocycles. The maximum atomic E-state index is 11.3. The zero-order chi connectivity index (χ0) is 18.9. The van der Waals surface area contributed by atoms with Gasteiger partial charge in [0, 0.05) is 5.41 Å². The number of amides is 1. The molecule has 0 heterocycles. The Hall–Kier alpha value is -2.49. The second-order valence-electron chi connectivity index (χ2n) is 8.13. The Morgan fingerprint density at radius 1 is 1.15 bits per heavy atom. The van der Waals surface area contributed by atoms with Crippen LogP contribution in [0.4, 0.5) is 4.79 Å². The van der Waals surface area contributed by atoms with E-state index in [-0.39, 0.29) is 11.5 Å². The zero-order valence-corrected chi connectivity index (χ0v) is 15.9. The van der Waals surface area contributed by atoms with E-state index in [0.717, 1.165) is 28.9 Å². The van der Waals surface area contributed by atoms with Crippen molar-refractivity contribution in [3.63, 3.8) is 0 Å². The molecule has 26 heavy (non-hydrogen) atoms. The van der Waals surface area contributed by atoms with Gasteiger partial charge in [0.1, 0.15) is 11.9 Å². The number of carbonyl (C=O) groups is 1. The van der Waals surface area contributed by atoms with Crippen LogP contribution in [-0.4, -0.2) is 12.7 Å². The van der Waals surface area contributed by atoms with E-state index >= 15 is 0 Å². The summed E-state index contributed by atoms with van der Waals surface area (Å²) in [7, 11) is 0. The van der Waals surface area contributed by atoms with Gasteiger partial charge in [-0.2, -0.15) is 0 Å². The molecular formula is C22H27NO3. The minimum atomic E-state index is -0.725. The number of benzene rings is 2. The molecule has 0 saturated carbocycles. The Balaban J connectivity index is 1.83. The van der Waals surface area contributed by atoms with Gasteiger partial charge in [-0.3, -0.25) is 0 Å². The average molecular weight is 353 g/mol. The zero-order valence-electron chi connectivity index (χ0n) is 15.9. The summed E-state index contributed by atoms with van der Waals surface area (Å²) in [5.41, 5.74) is 9.64. The second kappa shape index (κ2) is 7.02. The van der Waals surface area contributed by atoms with Crippen molar-refractivity contribution in [2.24, 2.45) is 17.1 Å². The molecule has 4 nitrogen and oxygen atoms in total. The first kappa shape index (κ1) is 18.3. The van der Waals surface area contributed by atoms with E-state index in [1.807, 2.05) is 12.1 Å². The minimum Gasteiger partial charge on any atom is -0.493 e. The number of fused-ring (bicyclic) bond motifs is 1. The normalized spacial score (nSPS) is 17.8. The summed E-state index contributed by atoms with van der Waals surface area (Å²) >= 11 is 0. The van der Waals surface area contributed by atoms with E-state index in [1.165, 1.54) is 5.56 Å². The largest absolute Gasteiger partial charge is 0.493 e. The van der Waals surface area contributed by atoms with Crippen LogP contribution in [0.2, 0.25) is 0 Å². The van der Waals surface area contributed by atoms with Gasteiger partial charge in [-0.1, -0.05) is 58.0 Å². The predicted octanol–water partition coefficient (Wildman–Crippen LogP) is 5.11. The van der Waals surface area contributed by atoms with Crippen LogP contribution in [0, 0.1) is 11.3 Å². The highest BCUT2D eigenvalue weighted by Gasteiger charge is 2.41. The molecule has 1 aliphatic rings. The molecule has 4 heteroatoms. The molecule has 0 spiro atoms. The molecule has 0 fully saturated rings. The van der Waals surface area contributed by atoms with Crippen LogP contribution < -0.4 is 10.5 Å². The Bertz CT molecular complexity index is 794. The van der Waals surface area contributed by atoms with Crippen molar-refractivity contribution >= 4 is 6.09 Å². The lowest BCUT2D eigenvalue weighted by molar-refractivity contribution is 0.0392. The Kier molecular flexibility index (Phi) is 4.94. The predicted molar refractivity (Wildman–Crippen MR) is 103 cm³/mol. The van der Waals surface area contributed by atoms with Gasteiger partial charge >= 0.3 is 6.09 Å². The highest BCUT2D eigenvalue weighted by molar-refractivity contribution is 5.68. The average Bonchev–Trinajstić information content (AvgIpc) is 2.82. The van der Waals surface area contributed by atoms with E-state index in [0.29, 0.717) is 12.5 Å². The number of ether oxygens (including phenoxy) is 2. The summed E-state index contributed by atoms with van der Waals surface area (Å²) in [6.45, 7) is 9.18. The molecule has 138 valence electrons. The van der Waals surface area contributed by atoms with Crippen molar-refractivity contribution in [2.75, 3.05) is 6.61 Å². The minimum absolute atomic E-state index is 0.162. The fraction of sp³-hybridized carbons (Fsp3) is 0.409. The van der Waals surface area contributed by atoms with Crippen molar-refractivity contribution in [2.45, 2.75) is 40.2 Å². The SMILES string of the molecule is CC(C)COc1ccc(-c2ccc3c(c2)CC(C)(C)[C@H]3OC(N)=O)cc1. The molecule has 0 radical (unpaired) electrons. The highest BCUT2D eigenvalue weighted by atomic mass is 16.6. The van der Waals surface area contributed by atoms with Gasteiger partial charge in [0.05, 0.1) is 6.61 Å². The maximum absolute atomic E-state index is 11.3. The summed E-state index contributed by atoms with van der Waals surface area (Å²) in [6.07, 6.45) is -0.170. The Labute approximate surface area is 155 Å². The first-order chi connectivity index (χ1) is 12.3. The van der Waals surface area contributed by atoms with Gasteiger partial charge in [0.2, 0.25) is 0 Å². The monoisotopic (exact) mass is 353 g/mol. The van der Waals surface area contributed by atoms with Crippen molar-refractivity contribution in [3.8, 4) is 16.9 Å². The maximum Gasteiger partial charge on any atom is 0.405 e. The summed E-state index contributed by atoms with van der Waals surface area (Å²) in [6, 6.07) is 14.5. The van der Waals surface area contributed by atoms with Crippen LogP contribution in [0.3, 0.4) is 0 Å². The molecule has 2 aromatic carbocycles. The third-order valence-electron chi connectivity index (χ3n) is 4.79. The van der Waals surface area contributed by atoms with Gasteiger partial charge in [0.25, 0.3) is 0 Å². The van der Waals surface area contributed by atoms with E-state index in [4.69, 9.17) is 15.2 Å². The summed E-state index contributed by atoms with van der Waals surface area (Å²) in [4.78, 5) is 11.3. The Morgan fingerprint density at radius 2 is 1.81 bits per heavy atom. The van der Waals surface area contributed by atoms with E-state index in [9.17, 15) is 4.79 Å². The van der Waals surface area contributed by atoms with Gasteiger partial charge in [-0.25, -0.2) is 4.79 Å². The standard InChI is InChI=1S/C22H27NO3/c1-14(2)13-25-18-8-5-15(6-9-18)16-7-10-19-17(11-16)12-22(3,4)20(19)26-21(23)24/h5-11,14,20H,12-13H2,1-4H3,(H2,23,24)/t20-/m0/s1. The number of primary amides is 1. The molecule has 3 rings (SSSR count). The molecule has 2 N–H and O–H groups in total. The van der Waals surface area contributed by atoms with Gasteiger partial charge in [0.15, 0.2) is 0 Å². The lowest BCUT2D eigenvalue weighted by Gasteiger charge is -2.26. The fourth-order valence-corrected chi connectivity index (χ4v) is 3.54. The van der Waals surface area contributed by atoms with Crippen LogP contribution in [0.15, 0.2) is 42.5 Å². The number of nitrogens with two attached hydrogens (primary N) is 1. The molecule has 0 unspecified atom stereocenters. The van der Waals surface area contributed by atoms with E-state index in [1.54, 1.807) is 0 Å². The van der Waals surface area contributed by atoms with Crippen LogP contribution >= 0.6 is 0 Å². The number of hydrogen-bond acceptors (Lipinski definition) is 3. The molecular weight excluding hydrogens is 326 g/mol. The van der Waals surface area contributed by atoms with E-state index in [2.05, 4.69) is 58.0 Å². The topological polar surface area (TPSA) is 61.6 Å². The molecule has 1 amide bonds. The van der Waals surface area contributed by atoms with Crippen molar-refractivity contribution in [1.29, 1.82) is 0 Å². The first-order valence-corrected chi connectivity index (χ1v) is 9.08. The fourth-order valence-electron chi connectivity index (χ4n) is 3.54. The van der Waals surface area contributed by atoms with Crippen LogP contribution in [-0.2, 0) is 11.2 Å². The first-order valence-electron chi connectivity index (χ1n) is 9.08. The van der Waals surface area contributed by atoms with Crippen molar-refractivity contribution in [1.82, 2.24) is 0 Å². The van der Waals surface area contributed by atoms with Crippen molar-refractivity contribution < 1.29 is 14.3 Å². The molecule has 0 bridgehead atoms. The second-order valence-corrected chi connectivity index (χ2v) is 8.13. The molecule has 1 atom stereocenters. The number of carbonyl (C=O) groups excluding carboxylic acids is 1. The van der Waals surface area contributed by atoms with Crippen LogP contribution in [0.1, 0.15) is 44.9 Å². The Morgan fingerprint density at radius 3 is 2.42 bits per heavy atom. The lowest BCUT2D eigenvalue weighted by Crippen LogP contribution is -2.25. The van der Waals surface area contributed by atoms with Gasteiger partial charge in [-0.15, -0.1) is 0 Å². The van der Waals surface area contributed by atoms with Gasteiger partial charge in [-0.05, 0) is 46.7 Å². The molecule has 1 aliphatic carbocycles. The summed E-state index contributed by atoms with van der Waals surface area (Å²) in [5, 5.41) is 0. The smallest absolute Gasteiger partial charge is 0.405 e. The van der Waals surface area contributed by atoms with E-state index < -0.39 is 6.09 Å². The van der Waals surface area contributed by atoms with Crippen LogP contribution in [0.25, 0.3) is 11.1 Å². The van der Waals surface area contributed by atoms with Crippen molar-refractivity contribution in [3.05, 3.63) is 53.6 Å². The van der Waals surface area contributed by atoms with Crippen LogP contribution in [0.5, 0.6) is 5.75 Å². The summed E-state index contributed by atoms with van der Waals surface area (Å²) < 4.78 is 11.1. The number of rotatable bonds is 5. The third-order valence-corrected chi connectivity index (χ3v) is 4.79.